The van der Waals surface area contributed by atoms with Crippen LogP contribution in [0.25, 0.3) is 0 Å². The molecule has 0 atom stereocenters. The quantitative estimate of drug-likeness (QED) is 0.352. The molecule has 0 unspecified atom stereocenters. The number of nitrogens with zero attached hydrogens (tertiary/aromatic N) is 3. The minimum absolute atomic E-state index is 0. The second-order valence-electron chi connectivity index (χ2n) is 7.65. The van der Waals surface area contributed by atoms with E-state index < -0.39 is 0 Å². The molecule has 3 heterocycles. The van der Waals surface area contributed by atoms with E-state index in [1.54, 1.807) is 0 Å². The average Bonchev–Trinajstić information content (AvgIpc) is 3.19. The van der Waals surface area contributed by atoms with Crippen molar-refractivity contribution < 1.29 is 0 Å². The molecule has 0 bridgehead atoms. The predicted octanol–water partition coefficient (Wildman–Crippen LogP) is 3.62. The number of aliphatic imine (C=N–C) groups is 1. The highest BCUT2D eigenvalue weighted by molar-refractivity contribution is 14.0. The van der Waals surface area contributed by atoms with Crippen LogP contribution < -0.4 is 15.5 Å². The van der Waals surface area contributed by atoms with Gasteiger partial charge in [-0.05, 0) is 82.6 Å². The van der Waals surface area contributed by atoms with Crippen molar-refractivity contribution in [1.29, 1.82) is 0 Å². The molecule has 2 fully saturated rings. The Morgan fingerprint density at radius 2 is 1.93 bits per heavy atom. The van der Waals surface area contributed by atoms with Crippen molar-refractivity contribution in [2.24, 2.45) is 10.9 Å². The molecule has 0 aromatic carbocycles. The number of guanidine groups is 1. The van der Waals surface area contributed by atoms with Crippen molar-refractivity contribution in [1.82, 2.24) is 15.5 Å². The summed E-state index contributed by atoms with van der Waals surface area (Å²) in [6.45, 7) is 8.77. The van der Waals surface area contributed by atoms with Gasteiger partial charge < -0.3 is 20.4 Å². The van der Waals surface area contributed by atoms with Gasteiger partial charge in [0.2, 0.25) is 0 Å². The van der Waals surface area contributed by atoms with Gasteiger partial charge in [0.15, 0.2) is 5.96 Å². The summed E-state index contributed by atoms with van der Waals surface area (Å²) >= 11 is 1.84. The lowest BCUT2D eigenvalue weighted by molar-refractivity contribution is 0.214. The van der Waals surface area contributed by atoms with Crippen LogP contribution in [0, 0.1) is 5.92 Å². The number of halogens is 1. The second kappa shape index (κ2) is 12.1. The van der Waals surface area contributed by atoms with Crippen molar-refractivity contribution in [3.63, 3.8) is 0 Å². The van der Waals surface area contributed by atoms with Gasteiger partial charge in [-0.25, -0.2) is 0 Å². The molecule has 0 spiro atoms. The summed E-state index contributed by atoms with van der Waals surface area (Å²) in [7, 11) is 2.23. The summed E-state index contributed by atoms with van der Waals surface area (Å²) in [5.41, 5.74) is 0. The van der Waals surface area contributed by atoms with Crippen molar-refractivity contribution in [2.75, 3.05) is 51.2 Å². The summed E-state index contributed by atoms with van der Waals surface area (Å²) in [4.78, 5) is 9.80. The van der Waals surface area contributed by atoms with Gasteiger partial charge in [-0.2, -0.15) is 0 Å². The molecule has 2 saturated heterocycles. The Labute approximate surface area is 186 Å². The Bertz CT molecular complexity index is 535. The molecule has 27 heavy (non-hydrogen) atoms. The molecule has 1 aromatic rings. The van der Waals surface area contributed by atoms with Gasteiger partial charge in [-0.3, -0.25) is 4.99 Å². The Hall–Kier alpha value is -0.540. The van der Waals surface area contributed by atoms with Gasteiger partial charge in [0.05, 0.1) is 5.00 Å². The van der Waals surface area contributed by atoms with Gasteiger partial charge in [-0.15, -0.1) is 35.3 Å². The monoisotopic (exact) mass is 505 g/mol. The van der Waals surface area contributed by atoms with Crippen LogP contribution in [0.3, 0.4) is 0 Å². The second-order valence-corrected chi connectivity index (χ2v) is 8.58. The molecule has 5 nitrogen and oxygen atoms in total. The highest BCUT2D eigenvalue weighted by Gasteiger charge is 2.21. The van der Waals surface area contributed by atoms with E-state index in [1.807, 2.05) is 11.3 Å². The van der Waals surface area contributed by atoms with E-state index in [1.165, 1.54) is 50.2 Å². The fraction of sp³-hybridized carbons (Fsp3) is 0.750. The van der Waals surface area contributed by atoms with Crippen molar-refractivity contribution >= 4 is 46.3 Å². The maximum Gasteiger partial charge on any atom is 0.191 e. The molecule has 1 aromatic heterocycles. The normalized spacial score (nSPS) is 20.4. The molecule has 0 radical (unpaired) electrons. The van der Waals surface area contributed by atoms with Crippen molar-refractivity contribution in [2.45, 2.75) is 45.1 Å². The molecule has 7 heteroatoms. The third kappa shape index (κ3) is 7.42. The Kier molecular flexibility index (Phi) is 10.2. The van der Waals surface area contributed by atoms with E-state index in [4.69, 9.17) is 4.99 Å². The summed E-state index contributed by atoms with van der Waals surface area (Å²) in [6, 6.07) is 4.91. The first-order chi connectivity index (χ1) is 12.7. The summed E-state index contributed by atoms with van der Waals surface area (Å²) < 4.78 is 0. The topological polar surface area (TPSA) is 42.9 Å². The summed E-state index contributed by atoms with van der Waals surface area (Å²) in [5.74, 6) is 1.86. The number of hydrogen-bond acceptors (Lipinski definition) is 4. The molecule has 2 aliphatic rings. The molecule has 3 rings (SSSR count). The first-order valence-electron chi connectivity index (χ1n) is 10.3. The molecule has 0 aliphatic carbocycles. The highest BCUT2D eigenvalue weighted by atomic mass is 127. The molecule has 154 valence electrons. The van der Waals surface area contributed by atoms with E-state index in [9.17, 15) is 0 Å². The number of anilines is 1. The molecule has 0 amide bonds. The average molecular weight is 506 g/mol. The van der Waals surface area contributed by atoms with Crippen LogP contribution in [0.1, 0.15) is 39.0 Å². The van der Waals surface area contributed by atoms with Crippen molar-refractivity contribution in [3.8, 4) is 0 Å². The van der Waals surface area contributed by atoms with E-state index in [0.29, 0.717) is 6.04 Å². The summed E-state index contributed by atoms with van der Waals surface area (Å²) in [6.07, 6.45) is 6.24. The van der Waals surface area contributed by atoms with Gasteiger partial charge >= 0.3 is 0 Å². The van der Waals surface area contributed by atoms with E-state index in [0.717, 1.165) is 38.1 Å². The fourth-order valence-electron chi connectivity index (χ4n) is 3.92. The van der Waals surface area contributed by atoms with Crippen LogP contribution in [-0.4, -0.2) is 63.2 Å². The minimum Gasteiger partial charge on any atom is -0.363 e. The molecular formula is C20H36IN5S. The number of hydrogen-bond donors (Lipinski definition) is 2. The smallest absolute Gasteiger partial charge is 0.191 e. The number of nitrogens with one attached hydrogen (secondary N) is 2. The van der Waals surface area contributed by atoms with Gasteiger partial charge in [0, 0.05) is 32.2 Å². The lowest BCUT2D eigenvalue weighted by atomic mass is 9.94. The van der Waals surface area contributed by atoms with Crippen LogP contribution in [0.4, 0.5) is 5.00 Å². The lowest BCUT2D eigenvalue weighted by Crippen LogP contribution is -2.48. The van der Waals surface area contributed by atoms with Crippen LogP contribution in [0.2, 0.25) is 0 Å². The highest BCUT2D eigenvalue weighted by Crippen LogP contribution is 2.24. The van der Waals surface area contributed by atoms with Crippen LogP contribution in [-0.2, 0) is 0 Å². The molecule has 2 aliphatic heterocycles. The number of rotatable bonds is 6. The van der Waals surface area contributed by atoms with Crippen LogP contribution >= 0.6 is 35.3 Å². The number of piperidine rings is 2. The Morgan fingerprint density at radius 3 is 2.56 bits per heavy atom. The van der Waals surface area contributed by atoms with Crippen LogP contribution in [0.15, 0.2) is 22.5 Å². The van der Waals surface area contributed by atoms with E-state index >= 15 is 0 Å². The lowest BCUT2D eigenvalue weighted by Gasteiger charge is -2.33. The zero-order valence-electron chi connectivity index (χ0n) is 16.8. The standard InChI is InChI=1S/C20H35N5S.HI/c1-3-21-20(22-11-6-17-7-12-24(2)13-8-17)23-18-9-14-25(15-10-18)19-5-4-16-26-19;/h4-5,16-18H,3,6-15H2,1-2H3,(H2,21,22,23);1H. The molecular weight excluding hydrogens is 469 g/mol. The molecule has 2 N–H and O–H groups in total. The first-order valence-corrected chi connectivity index (χ1v) is 11.1. The third-order valence-electron chi connectivity index (χ3n) is 5.64. The fourth-order valence-corrected chi connectivity index (χ4v) is 4.70. The third-order valence-corrected chi connectivity index (χ3v) is 6.57. The van der Waals surface area contributed by atoms with E-state index in [-0.39, 0.29) is 24.0 Å². The van der Waals surface area contributed by atoms with Crippen molar-refractivity contribution in [3.05, 3.63) is 17.5 Å². The van der Waals surface area contributed by atoms with Gasteiger partial charge in [0.25, 0.3) is 0 Å². The number of thiophene rings is 1. The SMILES string of the molecule is CCNC(=NCCC1CCN(C)CC1)NC1CCN(c2cccs2)CC1.I. The Morgan fingerprint density at radius 1 is 1.19 bits per heavy atom. The van der Waals surface area contributed by atoms with Gasteiger partial charge in [0.1, 0.15) is 0 Å². The van der Waals surface area contributed by atoms with E-state index in [2.05, 4.69) is 51.9 Å². The minimum atomic E-state index is 0. The largest absolute Gasteiger partial charge is 0.363 e. The maximum atomic E-state index is 4.86. The van der Waals surface area contributed by atoms with Crippen LogP contribution in [0.5, 0.6) is 0 Å². The zero-order valence-corrected chi connectivity index (χ0v) is 20.0. The predicted molar refractivity (Wildman–Crippen MR) is 129 cm³/mol. The number of likely N-dealkylation sites (tertiary alicyclic amines) is 1. The summed E-state index contributed by atoms with van der Waals surface area (Å²) in [5, 5.41) is 10.7. The van der Waals surface area contributed by atoms with Gasteiger partial charge in [-0.1, -0.05) is 0 Å². The Balaban J connectivity index is 0.00000261. The molecule has 0 saturated carbocycles. The maximum absolute atomic E-state index is 4.86. The zero-order chi connectivity index (χ0) is 18.2. The first kappa shape index (κ1) is 22.7.